The lowest BCUT2D eigenvalue weighted by molar-refractivity contribution is 0.519. The molecule has 3 heteroatoms. The molecule has 0 bridgehead atoms. The molecule has 1 heterocycles. The number of aromatic nitrogens is 2. The molecule has 0 saturated heterocycles. The van der Waals surface area contributed by atoms with Crippen LogP contribution in [0.15, 0.2) is 0 Å². The van der Waals surface area contributed by atoms with Crippen LogP contribution in [-0.4, -0.2) is 16.3 Å². The normalized spacial score (nSPS) is 12.8. The van der Waals surface area contributed by atoms with Gasteiger partial charge >= 0.3 is 0 Å². The highest BCUT2D eigenvalue weighted by Gasteiger charge is 2.19. The molecule has 1 rings (SSSR count). The van der Waals surface area contributed by atoms with Crippen molar-refractivity contribution in [3.05, 3.63) is 17.0 Å². The summed E-state index contributed by atoms with van der Waals surface area (Å²) in [6.07, 6.45) is 7.30. The Labute approximate surface area is 125 Å². The molecular formula is C17H33N3. The first-order valence-corrected chi connectivity index (χ1v) is 8.51. The third kappa shape index (κ3) is 4.34. The molecule has 0 fully saturated rings. The van der Waals surface area contributed by atoms with E-state index < -0.39 is 0 Å². The Balaban J connectivity index is 2.89. The smallest absolute Gasteiger partial charge is 0.0672 e. The second-order valence-electron chi connectivity index (χ2n) is 5.58. The van der Waals surface area contributed by atoms with Gasteiger partial charge in [0.15, 0.2) is 0 Å². The number of aryl methyl sites for hydroxylation is 2. The fourth-order valence-electron chi connectivity index (χ4n) is 2.98. The van der Waals surface area contributed by atoms with Gasteiger partial charge in [0, 0.05) is 23.8 Å². The molecular weight excluding hydrogens is 246 g/mol. The molecule has 0 radical (unpaired) electrons. The summed E-state index contributed by atoms with van der Waals surface area (Å²) in [6.45, 7) is 13.2. The van der Waals surface area contributed by atoms with E-state index in [1.54, 1.807) is 0 Å². The largest absolute Gasteiger partial charge is 0.310 e. The monoisotopic (exact) mass is 279 g/mol. The quantitative estimate of drug-likeness (QED) is 0.649. The molecule has 1 unspecified atom stereocenters. The topological polar surface area (TPSA) is 29.9 Å². The van der Waals surface area contributed by atoms with Crippen LogP contribution in [0.3, 0.4) is 0 Å². The Hall–Kier alpha value is -0.830. The van der Waals surface area contributed by atoms with Crippen molar-refractivity contribution in [2.45, 2.75) is 85.7 Å². The zero-order valence-corrected chi connectivity index (χ0v) is 14.1. The van der Waals surface area contributed by atoms with Gasteiger partial charge < -0.3 is 5.32 Å². The maximum absolute atomic E-state index is 4.88. The molecule has 0 aliphatic heterocycles. The van der Waals surface area contributed by atoms with E-state index in [9.17, 15) is 0 Å². The molecule has 1 aromatic rings. The number of nitrogens with zero attached hydrogens (tertiary/aromatic N) is 2. The molecule has 20 heavy (non-hydrogen) atoms. The van der Waals surface area contributed by atoms with Crippen LogP contribution >= 0.6 is 0 Å². The van der Waals surface area contributed by atoms with Gasteiger partial charge in [-0.15, -0.1) is 0 Å². The molecule has 0 aromatic carbocycles. The fourth-order valence-corrected chi connectivity index (χ4v) is 2.98. The maximum Gasteiger partial charge on any atom is 0.0672 e. The Bertz CT molecular complexity index is 382. The minimum absolute atomic E-state index is 0.411. The summed E-state index contributed by atoms with van der Waals surface area (Å²) in [5, 5.41) is 8.42. The highest BCUT2D eigenvalue weighted by atomic mass is 15.3. The van der Waals surface area contributed by atoms with Crippen LogP contribution in [0.25, 0.3) is 0 Å². The molecule has 0 amide bonds. The lowest BCUT2D eigenvalue weighted by Crippen LogP contribution is -2.20. The summed E-state index contributed by atoms with van der Waals surface area (Å²) in [7, 11) is 0. The average molecular weight is 279 g/mol. The highest BCUT2D eigenvalue weighted by molar-refractivity contribution is 5.30. The third-order valence-electron chi connectivity index (χ3n) is 4.01. The first-order chi connectivity index (χ1) is 9.69. The summed E-state index contributed by atoms with van der Waals surface area (Å²) in [6, 6.07) is 0.411. The van der Waals surface area contributed by atoms with Gasteiger partial charge in [0.25, 0.3) is 0 Å². The van der Waals surface area contributed by atoms with Gasteiger partial charge in [-0.1, -0.05) is 47.0 Å². The van der Waals surface area contributed by atoms with E-state index in [-0.39, 0.29) is 0 Å². The van der Waals surface area contributed by atoms with Gasteiger partial charge in [-0.25, -0.2) is 0 Å². The number of rotatable bonds is 10. The minimum Gasteiger partial charge on any atom is -0.310 e. The molecule has 1 N–H and O–H groups in total. The Morgan fingerprint density at radius 3 is 2.35 bits per heavy atom. The van der Waals surface area contributed by atoms with Crippen molar-refractivity contribution in [2.75, 3.05) is 6.54 Å². The lowest BCUT2D eigenvalue weighted by Gasteiger charge is -2.15. The number of hydrogen-bond donors (Lipinski definition) is 1. The molecule has 3 nitrogen and oxygen atoms in total. The molecule has 1 aromatic heterocycles. The van der Waals surface area contributed by atoms with E-state index in [4.69, 9.17) is 5.10 Å². The Kier molecular flexibility index (Phi) is 7.90. The van der Waals surface area contributed by atoms with Crippen LogP contribution in [0.4, 0.5) is 0 Å². The summed E-state index contributed by atoms with van der Waals surface area (Å²) >= 11 is 0. The lowest BCUT2D eigenvalue weighted by atomic mass is 10.0. The molecule has 116 valence electrons. The van der Waals surface area contributed by atoms with Gasteiger partial charge in [-0.05, 0) is 32.7 Å². The van der Waals surface area contributed by atoms with Gasteiger partial charge in [0.2, 0.25) is 0 Å². The van der Waals surface area contributed by atoms with Crippen molar-refractivity contribution in [1.82, 2.24) is 15.1 Å². The first kappa shape index (κ1) is 17.2. The molecule has 0 aliphatic carbocycles. The van der Waals surface area contributed by atoms with Gasteiger partial charge in [0.05, 0.1) is 5.69 Å². The summed E-state index contributed by atoms with van der Waals surface area (Å²) in [5.41, 5.74) is 4.17. The van der Waals surface area contributed by atoms with Crippen molar-refractivity contribution in [3.63, 3.8) is 0 Å². The summed E-state index contributed by atoms with van der Waals surface area (Å²) < 4.78 is 2.28. The second kappa shape index (κ2) is 9.17. The summed E-state index contributed by atoms with van der Waals surface area (Å²) in [4.78, 5) is 0. The number of unbranched alkanes of at least 4 members (excludes halogenated alkanes) is 3. The van der Waals surface area contributed by atoms with Crippen LogP contribution in [0.1, 0.15) is 83.3 Å². The standard InChI is InChI=1S/C17H33N3/c1-6-10-11-12-13-20-16(8-3)17(14(5)18-9-4)15(7-2)19-20/h14,18H,6-13H2,1-5H3. The van der Waals surface area contributed by atoms with Crippen molar-refractivity contribution in [3.8, 4) is 0 Å². The van der Waals surface area contributed by atoms with E-state index in [1.165, 1.54) is 42.6 Å². The third-order valence-corrected chi connectivity index (χ3v) is 4.01. The van der Waals surface area contributed by atoms with E-state index >= 15 is 0 Å². The van der Waals surface area contributed by atoms with Crippen molar-refractivity contribution >= 4 is 0 Å². The average Bonchev–Trinajstić information content (AvgIpc) is 2.81. The molecule has 1 atom stereocenters. The van der Waals surface area contributed by atoms with E-state index in [1.807, 2.05) is 0 Å². The van der Waals surface area contributed by atoms with Crippen LogP contribution < -0.4 is 5.32 Å². The van der Waals surface area contributed by atoms with Gasteiger partial charge in [-0.3, -0.25) is 4.68 Å². The molecule has 0 saturated carbocycles. The predicted molar refractivity (Wildman–Crippen MR) is 87.2 cm³/mol. The Morgan fingerprint density at radius 1 is 1.05 bits per heavy atom. The van der Waals surface area contributed by atoms with E-state index in [0.29, 0.717) is 6.04 Å². The van der Waals surface area contributed by atoms with Crippen molar-refractivity contribution < 1.29 is 0 Å². The molecule has 0 spiro atoms. The maximum atomic E-state index is 4.88. The van der Waals surface area contributed by atoms with Gasteiger partial charge in [-0.2, -0.15) is 5.10 Å². The van der Waals surface area contributed by atoms with Crippen LogP contribution in [-0.2, 0) is 19.4 Å². The van der Waals surface area contributed by atoms with Crippen LogP contribution in [0.5, 0.6) is 0 Å². The van der Waals surface area contributed by atoms with E-state index in [2.05, 4.69) is 44.6 Å². The van der Waals surface area contributed by atoms with Crippen LogP contribution in [0, 0.1) is 0 Å². The zero-order chi connectivity index (χ0) is 15.0. The number of hydrogen-bond acceptors (Lipinski definition) is 2. The minimum atomic E-state index is 0.411. The first-order valence-electron chi connectivity index (χ1n) is 8.51. The zero-order valence-electron chi connectivity index (χ0n) is 14.1. The van der Waals surface area contributed by atoms with Gasteiger partial charge in [0.1, 0.15) is 0 Å². The van der Waals surface area contributed by atoms with Crippen molar-refractivity contribution in [1.29, 1.82) is 0 Å². The SMILES string of the molecule is CCCCCCn1nc(CC)c(C(C)NCC)c1CC. The van der Waals surface area contributed by atoms with Crippen LogP contribution in [0.2, 0.25) is 0 Å². The Morgan fingerprint density at radius 2 is 1.80 bits per heavy atom. The fraction of sp³-hybridized carbons (Fsp3) is 0.824. The second-order valence-corrected chi connectivity index (χ2v) is 5.58. The highest BCUT2D eigenvalue weighted by Crippen LogP contribution is 2.24. The predicted octanol–water partition coefficient (Wildman–Crippen LogP) is 4.26. The van der Waals surface area contributed by atoms with E-state index in [0.717, 1.165) is 25.9 Å². The number of nitrogens with one attached hydrogen (secondary N) is 1. The van der Waals surface area contributed by atoms with Crippen molar-refractivity contribution in [2.24, 2.45) is 0 Å². The summed E-state index contributed by atoms with van der Waals surface area (Å²) in [5.74, 6) is 0. The molecule has 0 aliphatic rings.